The molecule has 3 aliphatic rings. The van der Waals surface area contributed by atoms with E-state index in [0.29, 0.717) is 23.5 Å². The third-order valence-corrected chi connectivity index (χ3v) is 6.44. The third kappa shape index (κ3) is 1.77. The lowest BCUT2D eigenvalue weighted by molar-refractivity contribution is -0.0403. The fourth-order valence-corrected chi connectivity index (χ4v) is 5.46. The highest BCUT2D eigenvalue weighted by atomic mass is 16.5. The maximum absolute atomic E-state index is 10.8. The molecule has 120 valence electrons. The summed E-state index contributed by atoms with van der Waals surface area (Å²) in [6.45, 7) is 1.03. The molecular formula is C18H25NO3. The first-order valence-corrected chi connectivity index (χ1v) is 8.34. The number of aliphatic hydroxyl groups excluding tert-OH is 1. The first kappa shape index (κ1) is 14.3. The van der Waals surface area contributed by atoms with E-state index in [-0.39, 0.29) is 11.5 Å². The van der Waals surface area contributed by atoms with Gasteiger partial charge < -0.3 is 19.8 Å². The van der Waals surface area contributed by atoms with Gasteiger partial charge in [-0.2, -0.15) is 0 Å². The third-order valence-electron chi connectivity index (χ3n) is 6.44. The summed E-state index contributed by atoms with van der Waals surface area (Å²) in [6, 6.07) is 4.51. The van der Waals surface area contributed by atoms with Crippen molar-refractivity contribution >= 4 is 0 Å². The van der Waals surface area contributed by atoms with E-state index in [1.54, 1.807) is 7.11 Å². The molecule has 0 amide bonds. The molecule has 0 aromatic heterocycles. The highest BCUT2D eigenvalue weighted by Crippen LogP contribution is 2.58. The number of benzene rings is 1. The van der Waals surface area contributed by atoms with Crippen molar-refractivity contribution in [2.75, 3.05) is 20.7 Å². The molecule has 1 aromatic carbocycles. The van der Waals surface area contributed by atoms with Crippen LogP contribution in [0.5, 0.6) is 11.5 Å². The molecule has 4 atom stereocenters. The van der Waals surface area contributed by atoms with Crippen LogP contribution in [0.2, 0.25) is 0 Å². The Bertz CT molecular complexity index is 602. The van der Waals surface area contributed by atoms with Crippen LogP contribution in [-0.2, 0) is 11.8 Å². The largest absolute Gasteiger partial charge is 0.504 e. The predicted octanol–water partition coefficient (Wildman–Crippen LogP) is 2.06. The number of ether oxygens (including phenoxy) is 1. The Morgan fingerprint density at radius 3 is 2.91 bits per heavy atom. The predicted molar refractivity (Wildman–Crippen MR) is 84.4 cm³/mol. The summed E-state index contributed by atoms with van der Waals surface area (Å²) < 4.78 is 5.35. The van der Waals surface area contributed by atoms with Crippen LogP contribution >= 0.6 is 0 Å². The second-order valence-electron chi connectivity index (χ2n) is 7.35. The van der Waals surface area contributed by atoms with Gasteiger partial charge in [0.25, 0.3) is 0 Å². The van der Waals surface area contributed by atoms with E-state index < -0.39 is 0 Å². The molecule has 0 radical (unpaired) electrons. The van der Waals surface area contributed by atoms with E-state index in [1.807, 2.05) is 6.07 Å². The van der Waals surface area contributed by atoms with E-state index in [1.165, 1.54) is 5.56 Å². The number of phenolic OH excluding ortho intramolecular Hbond substituents is 1. The molecule has 4 rings (SSSR count). The molecule has 1 saturated carbocycles. The van der Waals surface area contributed by atoms with Crippen LogP contribution in [0.1, 0.15) is 36.8 Å². The number of hydrogen-bond donors (Lipinski definition) is 2. The Balaban J connectivity index is 1.93. The molecule has 4 heteroatoms. The maximum Gasteiger partial charge on any atom is 0.161 e. The van der Waals surface area contributed by atoms with Crippen molar-refractivity contribution in [3.05, 3.63) is 23.3 Å². The standard InChI is InChI=1S/C18H25NO3/c1-19-8-7-18-10-12(20)4-5-13(18)14(19)9-11-3-6-15(22-2)17(21)16(11)18/h3,6,12-14,20-21H,4-5,7-10H2,1-2H3/t12?,13?,14-,18+/m1/s1. The van der Waals surface area contributed by atoms with Crippen molar-refractivity contribution in [3.63, 3.8) is 0 Å². The monoisotopic (exact) mass is 303 g/mol. The number of hydrogen-bond acceptors (Lipinski definition) is 4. The SMILES string of the molecule is COc1ccc2c(c1O)[C@]13CCN(C)[C@H](C2)C1CCC(O)C3. The summed E-state index contributed by atoms with van der Waals surface area (Å²) in [5.41, 5.74) is 2.22. The number of fused-ring (bicyclic) bond motifs is 1. The van der Waals surface area contributed by atoms with Crippen molar-refractivity contribution in [1.29, 1.82) is 0 Å². The van der Waals surface area contributed by atoms with Crippen LogP contribution in [0.25, 0.3) is 0 Å². The van der Waals surface area contributed by atoms with Crippen molar-refractivity contribution < 1.29 is 14.9 Å². The van der Waals surface area contributed by atoms with Crippen LogP contribution in [0.4, 0.5) is 0 Å². The molecule has 1 aromatic rings. The molecule has 2 fully saturated rings. The summed E-state index contributed by atoms with van der Waals surface area (Å²) in [6.07, 6.45) is 4.46. The fourth-order valence-electron chi connectivity index (χ4n) is 5.46. The van der Waals surface area contributed by atoms with Crippen molar-refractivity contribution in [3.8, 4) is 11.5 Å². The zero-order chi connectivity index (χ0) is 15.5. The first-order chi connectivity index (χ1) is 10.6. The number of aliphatic hydroxyl groups is 1. The Morgan fingerprint density at radius 1 is 1.32 bits per heavy atom. The Morgan fingerprint density at radius 2 is 2.14 bits per heavy atom. The molecule has 4 nitrogen and oxygen atoms in total. The normalized spacial score (nSPS) is 37.3. The molecule has 1 aliphatic heterocycles. The van der Waals surface area contributed by atoms with Gasteiger partial charge in [-0.25, -0.2) is 0 Å². The topological polar surface area (TPSA) is 52.9 Å². The Kier molecular flexibility index (Phi) is 3.17. The number of aromatic hydroxyl groups is 1. The number of rotatable bonds is 1. The number of likely N-dealkylation sites (N-methyl/N-ethyl adjacent to an activating group) is 1. The highest BCUT2D eigenvalue weighted by Gasteiger charge is 2.56. The van der Waals surface area contributed by atoms with Crippen molar-refractivity contribution in [1.82, 2.24) is 4.90 Å². The van der Waals surface area contributed by atoms with Gasteiger partial charge in [0.05, 0.1) is 13.2 Å². The molecule has 1 heterocycles. The molecule has 2 aliphatic carbocycles. The minimum absolute atomic E-state index is 0.0823. The van der Waals surface area contributed by atoms with Crippen LogP contribution in [0.3, 0.4) is 0 Å². The van der Waals surface area contributed by atoms with Gasteiger partial charge in [0.15, 0.2) is 11.5 Å². The van der Waals surface area contributed by atoms with Gasteiger partial charge in [0.2, 0.25) is 0 Å². The summed E-state index contributed by atoms with van der Waals surface area (Å²) in [5.74, 6) is 1.39. The zero-order valence-corrected chi connectivity index (χ0v) is 13.4. The van der Waals surface area contributed by atoms with Gasteiger partial charge >= 0.3 is 0 Å². The van der Waals surface area contributed by atoms with Gasteiger partial charge in [0.1, 0.15) is 0 Å². The first-order valence-electron chi connectivity index (χ1n) is 8.34. The summed E-state index contributed by atoms with van der Waals surface area (Å²) in [4.78, 5) is 2.48. The molecule has 2 unspecified atom stereocenters. The van der Waals surface area contributed by atoms with Gasteiger partial charge in [-0.05, 0) is 63.2 Å². The number of methoxy groups -OCH3 is 1. The number of phenols is 1. The van der Waals surface area contributed by atoms with Crippen molar-refractivity contribution in [2.24, 2.45) is 5.92 Å². The lowest BCUT2D eigenvalue weighted by Crippen LogP contribution is -2.61. The summed E-state index contributed by atoms with van der Waals surface area (Å²) in [5, 5.41) is 21.1. The van der Waals surface area contributed by atoms with Crippen LogP contribution in [0.15, 0.2) is 12.1 Å². The van der Waals surface area contributed by atoms with E-state index in [9.17, 15) is 10.2 Å². The average Bonchev–Trinajstić information content (AvgIpc) is 2.50. The molecule has 0 spiro atoms. The Labute approximate surface area is 131 Å². The second kappa shape index (κ2) is 4.87. The van der Waals surface area contributed by atoms with E-state index in [0.717, 1.165) is 44.2 Å². The quantitative estimate of drug-likeness (QED) is 0.834. The maximum atomic E-state index is 10.8. The molecular weight excluding hydrogens is 278 g/mol. The van der Waals surface area contributed by atoms with Crippen LogP contribution < -0.4 is 4.74 Å². The smallest absolute Gasteiger partial charge is 0.161 e. The van der Waals surface area contributed by atoms with Crippen LogP contribution in [-0.4, -0.2) is 48.0 Å². The van der Waals surface area contributed by atoms with Crippen LogP contribution in [0, 0.1) is 5.92 Å². The Hall–Kier alpha value is -1.26. The van der Waals surface area contributed by atoms with Gasteiger partial charge in [-0.3, -0.25) is 0 Å². The molecule has 2 bridgehead atoms. The zero-order valence-electron chi connectivity index (χ0n) is 13.4. The summed E-state index contributed by atoms with van der Waals surface area (Å²) >= 11 is 0. The fraction of sp³-hybridized carbons (Fsp3) is 0.667. The molecule has 1 saturated heterocycles. The van der Waals surface area contributed by atoms with Gasteiger partial charge in [-0.15, -0.1) is 0 Å². The van der Waals surface area contributed by atoms with E-state index >= 15 is 0 Å². The van der Waals surface area contributed by atoms with Gasteiger partial charge in [0, 0.05) is 17.0 Å². The van der Waals surface area contributed by atoms with Gasteiger partial charge in [-0.1, -0.05) is 6.07 Å². The minimum atomic E-state index is -0.253. The molecule has 2 N–H and O–H groups in total. The number of nitrogens with zero attached hydrogens (tertiary/aromatic N) is 1. The number of likely N-dealkylation sites (tertiary alicyclic amines) is 1. The average molecular weight is 303 g/mol. The lowest BCUT2D eigenvalue weighted by atomic mass is 9.51. The van der Waals surface area contributed by atoms with E-state index in [4.69, 9.17) is 4.74 Å². The second-order valence-corrected chi connectivity index (χ2v) is 7.35. The van der Waals surface area contributed by atoms with Crippen molar-refractivity contribution in [2.45, 2.75) is 49.7 Å². The molecule has 22 heavy (non-hydrogen) atoms. The minimum Gasteiger partial charge on any atom is -0.504 e. The lowest BCUT2D eigenvalue weighted by Gasteiger charge is -2.59. The van der Waals surface area contributed by atoms with E-state index in [2.05, 4.69) is 18.0 Å². The number of piperidine rings is 1. The summed E-state index contributed by atoms with van der Waals surface area (Å²) in [7, 11) is 3.82. The highest BCUT2D eigenvalue weighted by molar-refractivity contribution is 5.56.